The van der Waals surface area contributed by atoms with E-state index in [1.54, 1.807) is 20.8 Å². The molecule has 1 amide bonds. The van der Waals surface area contributed by atoms with Gasteiger partial charge in [-0.1, -0.05) is 24.3 Å². The molecule has 166 valence electrons. The zero-order valence-electron chi connectivity index (χ0n) is 18.8. The number of nitrogens with one attached hydrogen (secondary N) is 1. The topological polar surface area (TPSA) is 103 Å². The summed E-state index contributed by atoms with van der Waals surface area (Å²) in [6.07, 6.45) is -0.610. The van der Waals surface area contributed by atoms with Crippen LogP contribution in [0.4, 0.5) is 4.79 Å². The molecule has 1 aromatic carbocycles. The summed E-state index contributed by atoms with van der Waals surface area (Å²) in [6.45, 7) is 12.8. The minimum atomic E-state index is -1.08. The summed E-state index contributed by atoms with van der Waals surface area (Å²) in [7, 11) is -0.496. The third-order valence-corrected chi connectivity index (χ3v) is 5.07. The summed E-state index contributed by atoms with van der Waals surface area (Å²) in [4.78, 5) is 23.0. The number of carbonyl (C=O) groups is 2. The monoisotopic (exact) mass is 421 g/mol. The summed E-state index contributed by atoms with van der Waals surface area (Å²) < 4.78 is 22.6. The first kappa shape index (κ1) is 24.2. The molecular weight excluding hydrogens is 389 g/mol. The second-order valence-corrected chi connectivity index (χ2v) is 9.36. The fourth-order valence-corrected chi connectivity index (χ4v) is 2.80. The Kier molecular flexibility index (Phi) is 7.22. The molecule has 0 spiro atoms. The third kappa shape index (κ3) is 6.45. The zero-order valence-corrected chi connectivity index (χ0v) is 18.8. The van der Waals surface area contributed by atoms with Crippen molar-refractivity contribution >= 4 is 24.6 Å². The van der Waals surface area contributed by atoms with Crippen molar-refractivity contribution in [3.8, 4) is 0 Å². The highest BCUT2D eigenvalue weighted by Gasteiger charge is 2.51. The highest BCUT2D eigenvalue weighted by Crippen LogP contribution is 2.36. The molecule has 0 radical (unpaired) electrons. The normalized spacial score (nSPS) is 18.7. The molecule has 1 saturated heterocycles. The molecule has 1 aliphatic heterocycles. The molecule has 1 atom stereocenters. The Morgan fingerprint density at radius 2 is 1.63 bits per heavy atom. The number of carboxylic acid groups (broad SMARTS) is 1. The lowest BCUT2D eigenvalue weighted by Crippen LogP contribution is -2.41. The predicted octanol–water partition coefficient (Wildman–Crippen LogP) is 2.65. The Balaban J connectivity index is 2.13. The molecule has 1 aliphatic rings. The second-order valence-electron chi connectivity index (χ2n) is 9.36. The first-order valence-electron chi connectivity index (χ1n) is 9.95. The van der Waals surface area contributed by atoms with E-state index in [4.69, 9.17) is 23.9 Å². The molecule has 1 aromatic rings. The lowest BCUT2D eigenvalue weighted by molar-refractivity contribution is -0.142. The molecule has 1 heterocycles. The Hall–Kier alpha value is -2.10. The van der Waals surface area contributed by atoms with Gasteiger partial charge in [-0.25, -0.2) is 9.59 Å². The number of rotatable bonds is 7. The van der Waals surface area contributed by atoms with Crippen molar-refractivity contribution in [3.05, 3.63) is 29.8 Å². The second kappa shape index (κ2) is 8.95. The van der Waals surface area contributed by atoms with Crippen LogP contribution in [0, 0.1) is 0 Å². The first-order valence-corrected chi connectivity index (χ1v) is 9.95. The van der Waals surface area contributed by atoms with Crippen molar-refractivity contribution in [1.29, 1.82) is 0 Å². The number of carbonyl (C=O) groups excluding carboxylic acids is 1. The summed E-state index contributed by atoms with van der Waals surface area (Å²) in [6, 6.07) is 6.79. The van der Waals surface area contributed by atoms with Gasteiger partial charge in [-0.05, 0) is 59.5 Å². The maximum absolute atomic E-state index is 12.2. The molecule has 0 unspecified atom stereocenters. The van der Waals surface area contributed by atoms with Crippen molar-refractivity contribution < 1.29 is 33.5 Å². The van der Waals surface area contributed by atoms with Crippen LogP contribution in [0.5, 0.6) is 0 Å². The average molecular weight is 421 g/mol. The Morgan fingerprint density at radius 3 is 2.10 bits per heavy atom. The van der Waals surface area contributed by atoms with E-state index in [0.717, 1.165) is 11.0 Å². The molecule has 30 heavy (non-hydrogen) atoms. The van der Waals surface area contributed by atoms with Gasteiger partial charge in [0.25, 0.3) is 0 Å². The number of amides is 1. The maximum atomic E-state index is 12.2. The van der Waals surface area contributed by atoms with Gasteiger partial charge in [0, 0.05) is 0 Å². The minimum absolute atomic E-state index is 0.0125. The minimum Gasteiger partial charge on any atom is -0.480 e. The first-order chi connectivity index (χ1) is 13.7. The molecule has 0 aliphatic carbocycles. The van der Waals surface area contributed by atoms with E-state index in [-0.39, 0.29) is 6.61 Å². The molecule has 1 fully saturated rings. The van der Waals surface area contributed by atoms with Crippen LogP contribution in [0.1, 0.15) is 60.1 Å². The van der Waals surface area contributed by atoms with Gasteiger partial charge in [0.2, 0.25) is 0 Å². The molecule has 8 nitrogen and oxygen atoms in total. The van der Waals surface area contributed by atoms with Crippen LogP contribution >= 0.6 is 0 Å². The van der Waals surface area contributed by atoms with Gasteiger partial charge in [-0.3, -0.25) is 0 Å². The van der Waals surface area contributed by atoms with E-state index in [0.29, 0.717) is 0 Å². The van der Waals surface area contributed by atoms with Gasteiger partial charge >= 0.3 is 19.2 Å². The van der Waals surface area contributed by atoms with E-state index in [1.807, 2.05) is 52.0 Å². The number of aliphatic carboxylic acids is 1. The third-order valence-electron chi connectivity index (χ3n) is 5.07. The number of hydrogen-bond acceptors (Lipinski definition) is 6. The van der Waals surface area contributed by atoms with Gasteiger partial charge < -0.3 is 29.2 Å². The summed E-state index contributed by atoms with van der Waals surface area (Å²) >= 11 is 0. The van der Waals surface area contributed by atoms with E-state index in [1.165, 1.54) is 0 Å². The standard InChI is InChI=1S/C21H32BNO7/c1-19(2,3)28-18(26)23-16(12-27-13-17(24)25)14-8-10-15(11-9-14)22-29-20(4,5)21(6,7)30-22/h8-11,16H,12-13H2,1-7H3,(H,23,26)(H,24,25)/t16-/m0/s1. The van der Waals surface area contributed by atoms with Crippen molar-refractivity contribution in [1.82, 2.24) is 5.32 Å². The van der Waals surface area contributed by atoms with E-state index in [2.05, 4.69) is 5.32 Å². The smallest absolute Gasteiger partial charge is 0.480 e. The van der Waals surface area contributed by atoms with Crippen LogP contribution in [0.25, 0.3) is 0 Å². The Morgan fingerprint density at radius 1 is 1.10 bits per heavy atom. The molecule has 0 saturated carbocycles. The molecule has 0 aromatic heterocycles. The number of benzene rings is 1. The molecule has 9 heteroatoms. The lowest BCUT2D eigenvalue weighted by Gasteiger charge is -2.32. The lowest BCUT2D eigenvalue weighted by atomic mass is 9.78. The molecule has 2 rings (SSSR count). The molecular formula is C21H32BNO7. The van der Waals surface area contributed by atoms with Crippen LogP contribution in [0.3, 0.4) is 0 Å². The highest BCUT2D eigenvalue weighted by molar-refractivity contribution is 6.62. The van der Waals surface area contributed by atoms with Crippen molar-refractivity contribution in [3.63, 3.8) is 0 Å². The summed E-state index contributed by atoms with van der Waals surface area (Å²) in [5.74, 6) is -1.08. The average Bonchev–Trinajstić information content (AvgIpc) is 2.80. The van der Waals surface area contributed by atoms with Gasteiger partial charge in [-0.15, -0.1) is 0 Å². The van der Waals surface area contributed by atoms with Gasteiger partial charge in [0.1, 0.15) is 12.2 Å². The number of carboxylic acids is 1. The molecule has 2 N–H and O–H groups in total. The van der Waals surface area contributed by atoms with Crippen LogP contribution in [-0.4, -0.2) is 54.3 Å². The summed E-state index contributed by atoms with van der Waals surface area (Å²) in [5, 5.41) is 11.5. The molecule has 0 bridgehead atoms. The highest BCUT2D eigenvalue weighted by atomic mass is 16.7. The number of hydrogen-bond donors (Lipinski definition) is 2. The van der Waals surface area contributed by atoms with Crippen LogP contribution in [0.15, 0.2) is 24.3 Å². The fourth-order valence-electron chi connectivity index (χ4n) is 2.80. The predicted molar refractivity (Wildman–Crippen MR) is 113 cm³/mol. The Bertz CT molecular complexity index is 740. The number of alkyl carbamates (subject to hydrolysis) is 1. The van der Waals surface area contributed by atoms with Crippen LogP contribution in [-0.2, 0) is 23.6 Å². The zero-order chi connectivity index (χ0) is 22.7. The van der Waals surface area contributed by atoms with Gasteiger partial charge in [-0.2, -0.15) is 0 Å². The SMILES string of the molecule is CC(C)(C)OC(=O)N[C@@H](COCC(=O)O)c1ccc(B2OC(C)(C)C(C)(C)O2)cc1. The number of ether oxygens (including phenoxy) is 2. The van der Waals surface area contributed by atoms with E-state index >= 15 is 0 Å². The van der Waals surface area contributed by atoms with Crippen molar-refractivity contribution in [2.45, 2.75) is 71.3 Å². The van der Waals surface area contributed by atoms with Gasteiger partial charge in [0.05, 0.1) is 23.9 Å². The Labute approximate surface area is 178 Å². The van der Waals surface area contributed by atoms with Crippen molar-refractivity contribution in [2.24, 2.45) is 0 Å². The largest absolute Gasteiger partial charge is 0.494 e. The van der Waals surface area contributed by atoms with Crippen LogP contribution in [0.2, 0.25) is 0 Å². The van der Waals surface area contributed by atoms with Gasteiger partial charge in [0.15, 0.2) is 0 Å². The summed E-state index contributed by atoms with van der Waals surface area (Å²) in [5.41, 5.74) is 0.0484. The van der Waals surface area contributed by atoms with Crippen molar-refractivity contribution in [2.75, 3.05) is 13.2 Å². The van der Waals surface area contributed by atoms with E-state index in [9.17, 15) is 9.59 Å². The van der Waals surface area contributed by atoms with E-state index < -0.39 is 48.6 Å². The fraction of sp³-hybridized carbons (Fsp3) is 0.619. The quantitative estimate of drug-likeness (QED) is 0.653. The maximum Gasteiger partial charge on any atom is 0.494 e. The van der Waals surface area contributed by atoms with Crippen LogP contribution < -0.4 is 10.8 Å².